The summed E-state index contributed by atoms with van der Waals surface area (Å²) >= 11 is 0. The topological polar surface area (TPSA) is 71.3 Å². The molecule has 0 saturated carbocycles. The summed E-state index contributed by atoms with van der Waals surface area (Å²) in [5, 5.41) is 6.80. The summed E-state index contributed by atoms with van der Waals surface area (Å²) in [6.45, 7) is 1.77. The van der Waals surface area contributed by atoms with Crippen LogP contribution in [0.1, 0.15) is 24.4 Å². The summed E-state index contributed by atoms with van der Waals surface area (Å²) < 4.78 is 18.2. The Balaban J connectivity index is 1.63. The van der Waals surface area contributed by atoms with E-state index in [9.17, 15) is 9.18 Å². The van der Waals surface area contributed by atoms with Crippen molar-refractivity contribution in [1.29, 1.82) is 0 Å². The van der Waals surface area contributed by atoms with Gasteiger partial charge in [-0.2, -0.15) is 4.98 Å². The first-order chi connectivity index (χ1) is 12.9. The lowest BCUT2D eigenvalue weighted by Crippen LogP contribution is -2.28. The van der Waals surface area contributed by atoms with Gasteiger partial charge in [0.2, 0.25) is 17.6 Å². The van der Waals surface area contributed by atoms with Gasteiger partial charge >= 0.3 is 0 Å². The maximum atomic E-state index is 12.9. The Morgan fingerprint density at radius 1 is 1.15 bits per heavy atom. The third kappa shape index (κ3) is 4.69. The third-order valence-corrected chi connectivity index (χ3v) is 4.11. The lowest BCUT2D eigenvalue weighted by Gasteiger charge is -2.11. The fourth-order valence-electron chi connectivity index (χ4n) is 2.58. The van der Waals surface area contributed by atoms with Gasteiger partial charge in [-0.1, -0.05) is 17.3 Å². The van der Waals surface area contributed by atoms with E-state index in [1.54, 1.807) is 19.1 Å². The Kier molecular flexibility index (Phi) is 5.49. The van der Waals surface area contributed by atoms with Crippen LogP contribution < -0.4 is 10.2 Å². The molecule has 27 heavy (non-hydrogen) atoms. The van der Waals surface area contributed by atoms with Crippen molar-refractivity contribution in [2.24, 2.45) is 0 Å². The number of rotatable bonds is 6. The Morgan fingerprint density at radius 3 is 2.44 bits per heavy atom. The molecule has 0 aliphatic carbocycles. The third-order valence-electron chi connectivity index (χ3n) is 4.11. The van der Waals surface area contributed by atoms with E-state index in [1.165, 1.54) is 12.1 Å². The molecular weight excluding hydrogens is 347 g/mol. The molecule has 0 fully saturated rings. The average Bonchev–Trinajstić information content (AvgIpc) is 3.14. The second-order valence-electron chi connectivity index (χ2n) is 6.49. The van der Waals surface area contributed by atoms with Crippen LogP contribution in [0.15, 0.2) is 53.1 Å². The van der Waals surface area contributed by atoms with Gasteiger partial charge in [-0.15, -0.1) is 0 Å². The summed E-state index contributed by atoms with van der Waals surface area (Å²) in [4.78, 5) is 18.5. The fourth-order valence-corrected chi connectivity index (χ4v) is 2.58. The summed E-state index contributed by atoms with van der Waals surface area (Å²) in [7, 11) is 3.94. The molecule has 1 unspecified atom stereocenters. The first-order valence-corrected chi connectivity index (χ1v) is 8.57. The van der Waals surface area contributed by atoms with Crippen LogP contribution in [0.25, 0.3) is 11.4 Å². The molecule has 1 aromatic heterocycles. The number of hydrogen-bond donors (Lipinski definition) is 1. The van der Waals surface area contributed by atoms with Crippen LogP contribution in [0.3, 0.4) is 0 Å². The molecule has 1 amide bonds. The number of anilines is 1. The van der Waals surface area contributed by atoms with E-state index in [1.807, 2.05) is 43.3 Å². The first kappa shape index (κ1) is 18.6. The zero-order valence-electron chi connectivity index (χ0n) is 15.4. The van der Waals surface area contributed by atoms with Gasteiger partial charge in [-0.25, -0.2) is 4.39 Å². The molecule has 3 aromatic rings. The molecule has 2 aromatic carbocycles. The van der Waals surface area contributed by atoms with Crippen LogP contribution in [0.5, 0.6) is 0 Å². The highest BCUT2D eigenvalue weighted by atomic mass is 19.1. The second kappa shape index (κ2) is 7.99. The van der Waals surface area contributed by atoms with E-state index >= 15 is 0 Å². The summed E-state index contributed by atoms with van der Waals surface area (Å²) in [6.07, 6.45) is 0.150. The van der Waals surface area contributed by atoms with Crippen molar-refractivity contribution in [2.75, 3.05) is 19.0 Å². The van der Waals surface area contributed by atoms with Crippen molar-refractivity contribution in [3.05, 3.63) is 65.8 Å². The summed E-state index contributed by atoms with van der Waals surface area (Å²) in [5.74, 6) is 0.262. The molecule has 3 rings (SSSR count). The molecular formula is C20H21FN4O2. The van der Waals surface area contributed by atoms with E-state index in [0.717, 1.165) is 16.8 Å². The van der Waals surface area contributed by atoms with E-state index in [2.05, 4.69) is 15.5 Å². The maximum absolute atomic E-state index is 12.9. The van der Waals surface area contributed by atoms with E-state index in [-0.39, 0.29) is 18.1 Å². The highest BCUT2D eigenvalue weighted by Crippen LogP contribution is 2.21. The molecule has 7 heteroatoms. The zero-order valence-corrected chi connectivity index (χ0v) is 15.4. The van der Waals surface area contributed by atoms with Crippen molar-refractivity contribution in [2.45, 2.75) is 19.4 Å². The Morgan fingerprint density at radius 2 is 1.81 bits per heavy atom. The minimum absolute atomic E-state index is 0.150. The van der Waals surface area contributed by atoms with Gasteiger partial charge < -0.3 is 14.7 Å². The molecule has 0 radical (unpaired) electrons. The predicted octanol–water partition coefficient (Wildman–Crippen LogP) is 3.36. The number of amides is 1. The van der Waals surface area contributed by atoms with Crippen LogP contribution in [-0.2, 0) is 11.2 Å². The lowest BCUT2D eigenvalue weighted by molar-refractivity contribution is -0.121. The summed E-state index contributed by atoms with van der Waals surface area (Å²) in [6, 6.07) is 13.2. The molecule has 0 bridgehead atoms. The quantitative estimate of drug-likeness (QED) is 0.722. The van der Waals surface area contributed by atoms with E-state index < -0.39 is 6.04 Å². The number of aromatic nitrogens is 2. The zero-order chi connectivity index (χ0) is 19.4. The number of halogens is 1. The minimum Gasteiger partial charge on any atom is -0.378 e. The van der Waals surface area contributed by atoms with Crippen molar-refractivity contribution < 1.29 is 13.7 Å². The maximum Gasteiger partial charge on any atom is 0.249 e. The molecule has 6 nitrogen and oxygen atoms in total. The van der Waals surface area contributed by atoms with Crippen LogP contribution in [0.2, 0.25) is 0 Å². The van der Waals surface area contributed by atoms with Crippen LogP contribution in [0.4, 0.5) is 10.1 Å². The lowest BCUT2D eigenvalue weighted by atomic mass is 10.1. The highest BCUT2D eigenvalue weighted by Gasteiger charge is 2.17. The minimum atomic E-state index is -0.430. The van der Waals surface area contributed by atoms with E-state index in [0.29, 0.717) is 11.7 Å². The Labute approximate surface area is 157 Å². The van der Waals surface area contributed by atoms with Gasteiger partial charge in [-0.05, 0) is 48.9 Å². The highest BCUT2D eigenvalue weighted by molar-refractivity contribution is 5.78. The number of nitrogens with zero attached hydrogens (tertiary/aromatic N) is 3. The molecule has 1 N–H and O–H groups in total. The number of nitrogens with one attached hydrogen (secondary N) is 1. The number of benzene rings is 2. The van der Waals surface area contributed by atoms with Gasteiger partial charge in [-0.3, -0.25) is 4.79 Å². The molecule has 0 aliphatic heterocycles. The van der Waals surface area contributed by atoms with Gasteiger partial charge in [0, 0.05) is 25.3 Å². The van der Waals surface area contributed by atoms with Gasteiger partial charge in [0.15, 0.2) is 0 Å². The van der Waals surface area contributed by atoms with Gasteiger partial charge in [0.25, 0.3) is 0 Å². The second-order valence-corrected chi connectivity index (χ2v) is 6.49. The van der Waals surface area contributed by atoms with E-state index in [4.69, 9.17) is 4.52 Å². The smallest absolute Gasteiger partial charge is 0.249 e. The predicted molar refractivity (Wildman–Crippen MR) is 101 cm³/mol. The largest absolute Gasteiger partial charge is 0.378 e. The average molecular weight is 368 g/mol. The monoisotopic (exact) mass is 368 g/mol. The number of hydrogen-bond acceptors (Lipinski definition) is 5. The fraction of sp³-hybridized carbons (Fsp3) is 0.250. The molecule has 0 spiro atoms. The number of carbonyl (C=O) groups is 1. The molecule has 1 heterocycles. The van der Waals surface area contributed by atoms with Gasteiger partial charge in [0.05, 0.1) is 6.42 Å². The Bertz CT molecular complexity index is 904. The van der Waals surface area contributed by atoms with Gasteiger partial charge in [0.1, 0.15) is 11.9 Å². The normalized spacial score (nSPS) is 11.9. The number of carbonyl (C=O) groups excluding carboxylic acids is 1. The molecule has 0 saturated heterocycles. The van der Waals surface area contributed by atoms with Crippen molar-refractivity contribution in [3.8, 4) is 11.4 Å². The van der Waals surface area contributed by atoms with Crippen molar-refractivity contribution in [3.63, 3.8) is 0 Å². The van der Waals surface area contributed by atoms with Crippen LogP contribution in [0, 0.1) is 5.82 Å². The molecule has 1 atom stereocenters. The van der Waals surface area contributed by atoms with Crippen molar-refractivity contribution in [1.82, 2.24) is 15.5 Å². The van der Waals surface area contributed by atoms with Crippen LogP contribution in [-0.4, -0.2) is 30.1 Å². The first-order valence-electron chi connectivity index (χ1n) is 8.57. The molecule has 140 valence electrons. The van der Waals surface area contributed by atoms with Crippen molar-refractivity contribution >= 4 is 11.6 Å². The Hall–Kier alpha value is -3.22. The SMILES string of the molecule is CC(NC(=O)Cc1ccc(F)cc1)c1nc(-c2ccc(N(C)C)cc2)no1. The summed E-state index contributed by atoms with van der Waals surface area (Å²) in [5.41, 5.74) is 2.64. The van der Waals surface area contributed by atoms with Crippen LogP contribution >= 0.6 is 0 Å². The molecule has 0 aliphatic rings. The standard InChI is InChI=1S/C20H21FN4O2/c1-13(22-18(26)12-14-4-8-16(21)9-5-14)20-23-19(24-27-20)15-6-10-17(11-7-15)25(2)3/h4-11,13H,12H2,1-3H3,(H,22,26).